The van der Waals surface area contributed by atoms with Crippen LogP contribution in [0.15, 0.2) is 97.3 Å². The Balaban J connectivity index is 1.36. The van der Waals surface area contributed by atoms with Crippen molar-refractivity contribution >= 4 is 11.0 Å². The van der Waals surface area contributed by atoms with E-state index in [4.69, 9.17) is 4.74 Å². The van der Waals surface area contributed by atoms with Crippen LogP contribution in [-0.4, -0.2) is 15.0 Å². The molecule has 0 aliphatic heterocycles. The Labute approximate surface area is 168 Å². The third kappa shape index (κ3) is 3.60. The zero-order chi connectivity index (χ0) is 19.5. The van der Waals surface area contributed by atoms with Crippen LogP contribution in [0.3, 0.4) is 0 Å². The summed E-state index contributed by atoms with van der Waals surface area (Å²) in [4.78, 5) is 12.0. The number of imidazole rings is 1. The standard InChI is InChI=1S/C25H19N3O/c1-2-6-22(19-13-15-26-16-14-19)21(5-1)18-9-11-20(12-10-18)29-17-25-27-23-7-3-4-8-24(23)28-25/h1-16H,17H2,(H,27,28). The molecule has 0 amide bonds. The number of aromatic nitrogens is 3. The molecule has 3 aromatic carbocycles. The molecule has 29 heavy (non-hydrogen) atoms. The summed E-state index contributed by atoms with van der Waals surface area (Å²) >= 11 is 0. The Hall–Kier alpha value is -3.92. The van der Waals surface area contributed by atoms with Gasteiger partial charge in [0.2, 0.25) is 0 Å². The first-order valence-corrected chi connectivity index (χ1v) is 9.53. The summed E-state index contributed by atoms with van der Waals surface area (Å²) in [5.74, 6) is 1.63. The van der Waals surface area contributed by atoms with Crippen molar-refractivity contribution in [2.24, 2.45) is 0 Å². The number of rotatable bonds is 5. The molecule has 2 heterocycles. The van der Waals surface area contributed by atoms with Crippen LogP contribution in [0.4, 0.5) is 0 Å². The normalized spacial score (nSPS) is 10.9. The van der Waals surface area contributed by atoms with Gasteiger partial charge < -0.3 is 9.72 Å². The topological polar surface area (TPSA) is 50.8 Å². The minimum Gasteiger partial charge on any atom is -0.486 e. The molecule has 0 radical (unpaired) electrons. The zero-order valence-electron chi connectivity index (χ0n) is 15.7. The number of aromatic amines is 1. The van der Waals surface area contributed by atoms with Crippen LogP contribution in [0, 0.1) is 0 Å². The van der Waals surface area contributed by atoms with Gasteiger partial charge in [0.05, 0.1) is 11.0 Å². The fourth-order valence-electron chi connectivity index (χ4n) is 3.47. The van der Waals surface area contributed by atoms with E-state index < -0.39 is 0 Å². The molecular formula is C25H19N3O. The Morgan fingerprint density at radius 3 is 2.07 bits per heavy atom. The Kier molecular flexibility index (Phi) is 4.51. The molecule has 0 bridgehead atoms. The highest BCUT2D eigenvalue weighted by molar-refractivity contribution is 5.83. The highest BCUT2D eigenvalue weighted by atomic mass is 16.5. The predicted octanol–water partition coefficient (Wildman–Crippen LogP) is 5.87. The van der Waals surface area contributed by atoms with Crippen molar-refractivity contribution < 1.29 is 4.74 Å². The summed E-state index contributed by atoms with van der Waals surface area (Å²) in [5.41, 5.74) is 6.64. The van der Waals surface area contributed by atoms with E-state index in [0.29, 0.717) is 6.61 Å². The maximum atomic E-state index is 5.93. The number of H-pyrrole nitrogens is 1. The van der Waals surface area contributed by atoms with Crippen LogP contribution in [0.25, 0.3) is 33.3 Å². The minimum atomic E-state index is 0.404. The largest absolute Gasteiger partial charge is 0.486 e. The van der Waals surface area contributed by atoms with Gasteiger partial charge in [-0.3, -0.25) is 4.98 Å². The van der Waals surface area contributed by atoms with Crippen molar-refractivity contribution in [2.45, 2.75) is 6.61 Å². The van der Waals surface area contributed by atoms with E-state index in [1.165, 1.54) is 11.1 Å². The van der Waals surface area contributed by atoms with Crippen molar-refractivity contribution in [1.29, 1.82) is 0 Å². The highest BCUT2D eigenvalue weighted by Crippen LogP contribution is 2.32. The lowest BCUT2D eigenvalue weighted by molar-refractivity contribution is 0.297. The average molecular weight is 377 g/mol. The van der Waals surface area contributed by atoms with E-state index in [-0.39, 0.29) is 0 Å². The van der Waals surface area contributed by atoms with Crippen LogP contribution >= 0.6 is 0 Å². The zero-order valence-corrected chi connectivity index (χ0v) is 15.7. The van der Waals surface area contributed by atoms with E-state index >= 15 is 0 Å². The molecular weight excluding hydrogens is 358 g/mol. The molecule has 0 atom stereocenters. The quantitative estimate of drug-likeness (QED) is 0.417. The average Bonchev–Trinajstić information content (AvgIpc) is 3.22. The van der Waals surface area contributed by atoms with Gasteiger partial charge in [0.15, 0.2) is 0 Å². The van der Waals surface area contributed by atoms with Crippen LogP contribution in [0.1, 0.15) is 5.82 Å². The second kappa shape index (κ2) is 7.60. The van der Waals surface area contributed by atoms with Crippen LogP contribution in [0.5, 0.6) is 5.75 Å². The number of pyridine rings is 1. The van der Waals surface area contributed by atoms with Crippen LogP contribution < -0.4 is 4.74 Å². The number of benzene rings is 3. The molecule has 1 N–H and O–H groups in total. The summed E-state index contributed by atoms with van der Waals surface area (Å²) in [6.07, 6.45) is 3.64. The van der Waals surface area contributed by atoms with Gasteiger partial charge in [-0.25, -0.2) is 4.98 Å². The second-order valence-electron chi connectivity index (χ2n) is 6.80. The molecule has 5 rings (SSSR count). The summed E-state index contributed by atoms with van der Waals surface area (Å²) in [6, 6.07) is 28.6. The third-order valence-corrected chi connectivity index (χ3v) is 4.90. The predicted molar refractivity (Wildman–Crippen MR) is 116 cm³/mol. The Morgan fingerprint density at radius 2 is 1.34 bits per heavy atom. The molecule has 140 valence electrons. The molecule has 0 saturated carbocycles. The van der Waals surface area contributed by atoms with Crippen LogP contribution in [-0.2, 0) is 6.61 Å². The fraction of sp³-hybridized carbons (Fsp3) is 0.0400. The van der Waals surface area contributed by atoms with Crippen molar-refractivity contribution in [3.63, 3.8) is 0 Å². The highest BCUT2D eigenvalue weighted by Gasteiger charge is 2.08. The first-order chi connectivity index (χ1) is 14.4. The smallest absolute Gasteiger partial charge is 0.146 e. The molecule has 0 unspecified atom stereocenters. The molecule has 2 aromatic heterocycles. The third-order valence-electron chi connectivity index (χ3n) is 4.90. The number of fused-ring (bicyclic) bond motifs is 1. The Bertz CT molecular complexity index is 1210. The van der Waals surface area contributed by atoms with Gasteiger partial charge in [-0.15, -0.1) is 0 Å². The van der Waals surface area contributed by atoms with Crippen molar-refractivity contribution in [3.8, 4) is 28.0 Å². The lowest BCUT2D eigenvalue weighted by Gasteiger charge is -2.11. The maximum absolute atomic E-state index is 5.93. The first kappa shape index (κ1) is 17.2. The van der Waals surface area contributed by atoms with Crippen molar-refractivity contribution in [3.05, 3.63) is 103 Å². The van der Waals surface area contributed by atoms with Gasteiger partial charge in [0.25, 0.3) is 0 Å². The number of hydrogen-bond acceptors (Lipinski definition) is 3. The summed E-state index contributed by atoms with van der Waals surface area (Å²) in [5, 5.41) is 0. The van der Waals surface area contributed by atoms with Gasteiger partial charge in [-0.05, 0) is 58.7 Å². The molecule has 0 aliphatic rings. The fourth-order valence-corrected chi connectivity index (χ4v) is 3.47. The van der Waals surface area contributed by atoms with Gasteiger partial charge in [0.1, 0.15) is 18.2 Å². The monoisotopic (exact) mass is 377 g/mol. The first-order valence-electron chi connectivity index (χ1n) is 9.53. The van der Waals surface area contributed by atoms with E-state index in [2.05, 4.69) is 51.4 Å². The summed E-state index contributed by atoms with van der Waals surface area (Å²) < 4.78 is 5.93. The minimum absolute atomic E-state index is 0.404. The molecule has 4 heteroatoms. The van der Waals surface area contributed by atoms with Gasteiger partial charge in [-0.1, -0.05) is 48.5 Å². The lowest BCUT2D eigenvalue weighted by Crippen LogP contribution is -1.97. The SMILES string of the molecule is c1ccc(-c2ccc(OCc3nc4ccccc4[nH]3)cc2)c(-c2ccncc2)c1. The molecule has 0 fully saturated rings. The maximum Gasteiger partial charge on any atom is 0.146 e. The summed E-state index contributed by atoms with van der Waals surface area (Å²) in [7, 11) is 0. The molecule has 4 nitrogen and oxygen atoms in total. The van der Waals surface area contributed by atoms with Gasteiger partial charge in [0, 0.05) is 12.4 Å². The lowest BCUT2D eigenvalue weighted by atomic mass is 9.95. The second-order valence-corrected chi connectivity index (χ2v) is 6.80. The molecule has 0 saturated heterocycles. The molecule has 0 aliphatic carbocycles. The number of nitrogens with one attached hydrogen (secondary N) is 1. The van der Waals surface area contributed by atoms with E-state index in [0.717, 1.165) is 33.7 Å². The van der Waals surface area contributed by atoms with E-state index in [9.17, 15) is 0 Å². The van der Waals surface area contributed by atoms with E-state index in [1.54, 1.807) is 0 Å². The van der Waals surface area contributed by atoms with Gasteiger partial charge in [-0.2, -0.15) is 0 Å². The van der Waals surface area contributed by atoms with Gasteiger partial charge >= 0.3 is 0 Å². The number of hydrogen-bond donors (Lipinski definition) is 1. The molecule has 5 aromatic rings. The van der Waals surface area contributed by atoms with Crippen molar-refractivity contribution in [2.75, 3.05) is 0 Å². The molecule has 0 spiro atoms. The number of nitrogens with zero attached hydrogens (tertiary/aromatic N) is 2. The van der Waals surface area contributed by atoms with Crippen LogP contribution in [0.2, 0.25) is 0 Å². The number of ether oxygens (including phenoxy) is 1. The summed E-state index contributed by atoms with van der Waals surface area (Å²) in [6.45, 7) is 0.404. The number of para-hydroxylation sites is 2. The Morgan fingerprint density at radius 1 is 0.690 bits per heavy atom. The van der Waals surface area contributed by atoms with E-state index in [1.807, 2.05) is 60.9 Å². The van der Waals surface area contributed by atoms with Crippen molar-refractivity contribution in [1.82, 2.24) is 15.0 Å².